The van der Waals surface area contributed by atoms with Crippen LogP contribution in [0.3, 0.4) is 0 Å². The minimum Gasteiger partial charge on any atom is -0.480 e. The number of carbonyl (C=O) groups excluding carboxylic acids is 1. The summed E-state index contributed by atoms with van der Waals surface area (Å²) in [5.74, 6) is -1.58. The first-order chi connectivity index (χ1) is 16.1. The maximum absolute atomic E-state index is 13.4. The van der Waals surface area contributed by atoms with Crippen LogP contribution in [0.2, 0.25) is 0 Å². The number of amides is 1. The minimum atomic E-state index is -1.83. The van der Waals surface area contributed by atoms with Gasteiger partial charge in [0.15, 0.2) is 0 Å². The van der Waals surface area contributed by atoms with Crippen molar-refractivity contribution in [2.24, 2.45) is 0 Å². The third kappa shape index (κ3) is 4.03. The third-order valence-electron chi connectivity index (χ3n) is 5.98. The molecule has 174 valence electrons. The predicted molar refractivity (Wildman–Crippen MR) is 130 cm³/mol. The fraction of sp³-hybridized carbons (Fsp3) is 0.200. The zero-order valence-corrected chi connectivity index (χ0v) is 20.0. The fourth-order valence-corrected chi connectivity index (χ4v) is 4.56. The Labute approximate surface area is 204 Å². The largest absolute Gasteiger partial charge is 0.480 e. The lowest BCUT2D eigenvalue weighted by Crippen LogP contribution is -2.54. The van der Waals surface area contributed by atoms with Crippen LogP contribution in [0.25, 0.3) is 11.1 Å². The van der Waals surface area contributed by atoms with Crippen LogP contribution in [0.4, 0.5) is 16.2 Å². The van der Waals surface area contributed by atoms with Gasteiger partial charge >= 0.3 is 12.1 Å². The molecule has 0 spiro atoms. The molecule has 0 aliphatic heterocycles. The van der Waals surface area contributed by atoms with Crippen molar-refractivity contribution in [3.05, 3.63) is 92.4 Å². The van der Waals surface area contributed by atoms with E-state index in [0.717, 1.165) is 27.2 Å². The van der Waals surface area contributed by atoms with Gasteiger partial charge in [0.25, 0.3) is 5.69 Å². The summed E-state index contributed by atoms with van der Waals surface area (Å²) in [6, 6.07) is 19.6. The van der Waals surface area contributed by atoms with E-state index in [2.05, 4.69) is 15.9 Å². The van der Waals surface area contributed by atoms with Crippen molar-refractivity contribution >= 4 is 39.4 Å². The van der Waals surface area contributed by atoms with Gasteiger partial charge < -0.3 is 9.84 Å². The molecular formula is C25H21BrN2O6. The van der Waals surface area contributed by atoms with E-state index >= 15 is 0 Å². The Bertz CT molecular complexity index is 1260. The normalized spacial score (nSPS) is 12.6. The number of nitro groups is 1. The zero-order chi connectivity index (χ0) is 24.6. The number of nitrogens with zero attached hydrogens (tertiary/aromatic N) is 2. The Kier molecular flexibility index (Phi) is 6.14. The Morgan fingerprint density at radius 1 is 1.06 bits per heavy atom. The number of hydrogen-bond donors (Lipinski definition) is 1. The van der Waals surface area contributed by atoms with Gasteiger partial charge in [-0.25, -0.2) is 9.59 Å². The minimum absolute atomic E-state index is 0.0547. The highest BCUT2D eigenvalue weighted by Gasteiger charge is 2.43. The molecule has 34 heavy (non-hydrogen) atoms. The summed E-state index contributed by atoms with van der Waals surface area (Å²) < 4.78 is 6.10. The summed E-state index contributed by atoms with van der Waals surface area (Å²) in [5, 5.41) is 21.5. The maximum atomic E-state index is 13.4. The van der Waals surface area contributed by atoms with E-state index in [9.17, 15) is 24.8 Å². The Morgan fingerprint density at radius 3 is 2.15 bits per heavy atom. The number of nitro benzene ring substituents is 1. The van der Waals surface area contributed by atoms with Gasteiger partial charge in [0, 0.05) is 16.5 Å². The first kappa shape index (κ1) is 23.4. The first-order valence-corrected chi connectivity index (χ1v) is 11.2. The van der Waals surface area contributed by atoms with Gasteiger partial charge in [-0.3, -0.25) is 15.0 Å². The number of carbonyl (C=O) groups is 2. The molecule has 0 bridgehead atoms. The molecule has 0 radical (unpaired) electrons. The van der Waals surface area contributed by atoms with Crippen LogP contribution in [0.15, 0.2) is 71.2 Å². The molecule has 0 unspecified atom stereocenters. The highest BCUT2D eigenvalue weighted by atomic mass is 79.9. The predicted octanol–water partition coefficient (Wildman–Crippen LogP) is 5.98. The monoisotopic (exact) mass is 524 g/mol. The van der Waals surface area contributed by atoms with E-state index < -0.39 is 28.2 Å². The number of ether oxygens (including phenoxy) is 1. The fourth-order valence-electron chi connectivity index (χ4n) is 4.21. The molecule has 3 aromatic carbocycles. The quantitative estimate of drug-likeness (QED) is 0.313. The van der Waals surface area contributed by atoms with Crippen molar-refractivity contribution in [3.63, 3.8) is 0 Å². The summed E-state index contributed by atoms with van der Waals surface area (Å²) in [4.78, 5) is 37.3. The molecule has 0 aromatic heterocycles. The molecule has 1 amide bonds. The van der Waals surface area contributed by atoms with Crippen molar-refractivity contribution in [2.75, 3.05) is 11.5 Å². The number of anilines is 1. The van der Waals surface area contributed by atoms with Gasteiger partial charge in [0.05, 0.1) is 4.92 Å². The number of halogens is 1. The second-order valence-corrected chi connectivity index (χ2v) is 9.31. The van der Waals surface area contributed by atoms with Crippen molar-refractivity contribution in [2.45, 2.75) is 25.3 Å². The van der Waals surface area contributed by atoms with E-state index in [4.69, 9.17) is 4.74 Å². The number of hydrogen-bond acceptors (Lipinski definition) is 5. The molecule has 4 rings (SSSR count). The van der Waals surface area contributed by atoms with Gasteiger partial charge in [-0.15, -0.1) is 0 Å². The molecule has 8 nitrogen and oxygen atoms in total. The summed E-state index contributed by atoms with van der Waals surface area (Å²) in [6.45, 7) is 2.53. The molecule has 1 aliphatic rings. The van der Waals surface area contributed by atoms with E-state index in [1.54, 1.807) is 0 Å². The Balaban J connectivity index is 1.71. The summed E-state index contributed by atoms with van der Waals surface area (Å²) in [7, 11) is 0. The van der Waals surface area contributed by atoms with E-state index in [0.29, 0.717) is 4.47 Å². The Hall–Kier alpha value is -3.72. The smallest absolute Gasteiger partial charge is 0.415 e. The van der Waals surface area contributed by atoms with E-state index in [1.807, 2.05) is 48.5 Å². The van der Waals surface area contributed by atoms with E-state index in [1.165, 1.54) is 32.0 Å². The van der Waals surface area contributed by atoms with Gasteiger partial charge in [0.2, 0.25) is 0 Å². The third-order valence-corrected chi connectivity index (χ3v) is 6.47. The van der Waals surface area contributed by atoms with E-state index in [-0.39, 0.29) is 18.2 Å². The molecule has 0 fully saturated rings. The van der Waals surface area contributed by atoms with Gasteiger partial charge in [-0.1, -0.05) is 64.5 Å². The second-order valence-electron chi connectivity index (χ2n) is 8.39. The number of carboxylic acid groups (broad SMARTS) is 1. The van der Waals surface area contributed by atoms with Crippen molar-refractivity contribution in [1.29, 1.82) is 0 Å². The van der Waals surface area contributed by atoms with Crippen LogP contribution >= 0.6 is 15.9 Å². The topological polar surface area (TPSA) is 110 Å². The molecule has 3 aromatic rings. The maximum Gasteiger partial charge on any atom is 0.415 e. The van der Waals surface area contributed by atoms with Crippen LogP contribution in [0.5, 0.6) is 0 Å². The molecular weight excluding hydrogens is 504 g/mol. The molecule has 0 saturated heterocycles. The lowest BCUT2D eigenvalue weighted by molar-refractivity contribution is -0.384. The van der Waals surface area contributed by atoms with Crippen molar-refractivity contribution < 1.29 is 24.4 Å². The van der Waals surface area contributed by atoms with Crippen LogP contribution in [0.1, 0.15) is 30.9 Å². The SMILES string of the molecule is CC(C)(C(=O)O)N(C(=O)OCC1c2ccccc2-c2ccccc21)c1cc(Br)ccc1[N+](=O)[O-]. The average molecular weight is 525 g/mol. The number of rotatable bonds is 6. The van der Waals surface area contributed by atoms with Crippen molar-refractivity contribution in [3.8, 4) is 11.1 Å². The first-order valence-electron chi connectivity index (χ1n) is 10.5. The molecule has 0 saturated carbocycles. The number of benzene rings is 3. The Morgan fingerprint density at radius 2 is 1.62 bits per heavy atom. The van der Waals surface area contributed by atoms with Crippen LogP contribution < -0.4 is 4.90 Å². The summed E-state index contributed by atoms with van der Waals surface area (Å²) in [6.07, 6.45) is -0.990. The second kappa shape index (κ2) is 8.90. The number of carboxylic acids is 1. The number of aliphatic carboxylic acids is 1. The highest BCUT2D eigenvalue weighted by Crippen LogP contribution is 2.45. The summed E-state index contributed by atoms with van der Waals surface area (Å²) in [5.41, 5.74) is 1.67. The lowest BCUT2D eigenvalue weighted by atomic mass is 9.98. The molecule has 0 atom stereocenters. The number of fused-ring (bicyclic) bond motifs is 3. The average Bonchev–Trinajstić information content (AvgIpc) is 3.11. The zero-order valence-electron chi connectivity index (χ0n) is 18.4. The van der Waals surface area contributed by atoms with Gasteiger partial charge in [-0.05, 0) is 48.2 Å². The summed E-state index contributed by atoms with van der Waals surface area (Å²) >= 11 is 3.25. The molecule has 9 heteroatoms. The van der Waals surface area contributed by atoms with Crippen molar-refractivity contribution in [1.82, 2.24) is 0 Å². The van der Waals surface area contributed by atoms with Crippen LogP contribution in [0, 0.1) is 10.1 Å². The lowest BCUT2D eigenvalue weighted by Gasteiger charge is -2.34. The van der Waals surface area contributed by atoms with Gasteiger partial charge in [-0.2, -0.15) is 0 Å². The van der Waals surface area contributed by atoms with Gasteiger partial charge in [0.1, 0.15) is 17.8 Å². The molecule has 0 heterocycles. The standard InChI is InChI=1S/C25H21BrN2O6/c1-25(2,23(29)30)27(22-13-15(26)11-12-21(22)28(32)33)24(31)34-14-20-18-9-5-3-7-16(18)17-8-4-6-10-19(17)20/h3-13,20H,14H2,1-2H3,(H,29,30). The van der Waals surface area contributed by atoms with Crippen LogP contribution in [-0.2, 0) is 9.53 Å². The van der Waals surface area contributed by atoms with Crippen LogP contribution in [-0.4, -0.2) is 34.2 Å². The molecule has 1 aliphatic carbocycles. The molecule has 1 N–H and O–H groups in total. The highest BCUT2D eigenvalue weighted by molar-refractivity contribution is 9.10.